The molecule has 1 aliphatic rings. The SMILES string of the molecule is COc1ccc(C2CC(O)CC(CO)O2)cc1C(C)c1ccc(O)cc1. The number of ether oxygens (including phenoxy) is 2. The van der Waals surface area contributed by atoms with Gasteiger partial charge in [0.25, 0.3) is 0 Å². The van der Waals surface area contributed by atoms with Crippen molar-refractivity contribution in [3.8, 4) is 11.5 Å². The van der Waals surface area contributed by atoms with Crippen molar-refractivity contribution in [2.45, 2.75) is 44.0 Å². The van der Waals surface area contributed by atoms with E-state index in [-0.39, 0.29) is 30.5 Å². The third-order valence-electron chi connectivity index (χ3n) is 5.07. The normalized spacial score (nSPS) is 24.2. The highest BCUT2D eigenvalue weighted by molar-refractivity contribution is 5.45. The van der Waals surface area contributed by atoms with E-state index in [1.807, 2.05) is 30.3 Å². The van der Waals surface area contributed by atoms with Crippen molar-refractivity contribution < 1.29 is 24.8 Å². The second-order valence-electron chi connectivity index (χ2n) is 6.87. The first-order chi connectivity index (χ1) is 12.5. The van der Waals surface area contributed by atoms with Crippen LogP contribution < -0.4 is 4.74 Å². The van der Waals surface area contributed by atoms with E-state index in [1.54, 1.807) is 19.2 Å². The second kappa shape index (κ2) is 8.08. The monoisotopic (exact) mass is 358 g/mol. The number of aliphatic hydroxyl groups is 2. The van der Waals surface area contributed by atoms with Crippen LogP contribution in [0, 0.1) is 0 Å². The van der Waals surface area contributed by atoms with E-state index >= 15 is 0 Å². The minimum atomic E-state index is -0.481. The molecule has 0 amide bonds. The first kappa shape index (κ1) is 18.7. The van der Waals surface area contributed by atoms with Gasteiger partial charge in [-0.25, -0.2) is 0 Å². The summed E-state index contributed by atoms with van der Waals surface area (Å²) in [4.78, 5) is 0. The Bertz CT molecular complexity index is 728. The number of hydrogen-bond acceptors (Lipinski definition) is 5. The van der Waals surface area contributed by atoms with Crippen LogP contribution in [0.1, 0.15) is 48.5 Å². The van der Waals surface area contributed by atoms with Gasteiger partial charge < -0.3 is 24.8 Å². The van der Waals surface area contributed by atoms with E-state index in [4.69, 9.17) is 9.47 Å². The van der Waals surface area contributed by atoms with E-state index in [0.717, 1.165) is 22.4 Å². The van der Waals surface area contributed by atoms with Crippen molar-refractivity contribution >= 4 is 0 Å². The van der Waals surface area contributed by atoms with E-state index < -0.39 is 6.10 Å². The van der Waals surface area contributed by atoms with Crippen LogP contribution in [0.25, 0.3) is 0 Å². The molecule has 3 N–H and O–H groups in total. The standard InChI is InChI=1S/C21H26O5/c1-13(14-3-6-16(23)7-4-14)19-9-15(5-8-20(19)25-2)21-11-17(24)10-18(12-22)26-21/h3-9,13,17-18,21-24H,10-12H2,1-2H3. The van der Waals surface area contributed by atoms with Crippen LogP contribution in [0.4, 0.5) is 0 Å². The Morgan fingerprint density at radius 2 is 1.88 bits per heavy atom. The van der Waals surface area contributed by atoms with Crippen molar-refractivity contribution in [3.05, 3.63) is 59.2 Å². The van der Waals surface area contributed by atoms with E-state index in [0.29, 0.717) is 12.8 Å². The van der Waals surface area contributed by atoms with Crippen molar-refractivity contribution in [3.63, 3.8) is 0 Å². The molecular formula is C21H26O5. The summed E-state index contributed by atoms with van der Waals surface area (Å²) in [6.45, 7) is 1.99. The second-order valence-corrected chi connectivity index (χ2v) is 6.87. The summed E-state index contributed by atoms with van der Waals surface area (Å²) in [7, 11) is 1.64. The summed E-state index contributed by atoms with van der Waals surface area (Å²) in [6.07, 6.45) is -0.113. The minimum Gasteiger partial charge on any atom is -0.508 e. The molecule has 140 valence electrons. The molecule has 3 rings (SSSR count). The molecule has 4 atom stereocenters. The lowest BCUT2D eigenvalue weighted by Gasteiger charge is -2.33. The molecule has 0 aliphatic carbocycles. The van der Waals surface area contributed by atoms with Gasteiger partial charge in [0.05, 0.1) is 32.0 Å². The number of phenolic OH excluding ortho intramolecular Hbond substituents is 1. The average molecular weight is 358 g/mol. The van der Waals surface area contributed by atoms with Crippen LogP contribution in [0.2, 0.25) is 0 Å². The molecule has 2 aromatic carbocycles. The van der Waals surface area contributed by atoms with Crippen molar-refractivity contribution in [2.75, 3.05) is 13.7 Å². The predicted octanol–water partition coefficient (Wildman–Crippen LogP) is 3.13. The molecule has 26 heavy (non-hydrogen) atoms. The fraction of sp³-hybridized carbons (Fsp3) is 0.429. The van der Waals surface area contributed by atoms with Crippen molar-refractivity contribution in [2.24, 2.45) is 0 Å². The van der Waals surface area contributed by atoms with Gasteiger partial charge in [0.2, 0.25) is 0 Å². The van der Waals surface area contributed by atoms with Crippen LogP contribution in [0.15, 0.2) is 42.5 Å². The van der Waals surface area contributed by atoms with Crippen molar-refractivity contribution in [1.82, 2.24) is 0 Å². The molecule has 1 aliphatic heterocycles. The van der Waals surface area contributed by atoms with E-state index in [9.17, 15) is 15.3 Å². The summed E-state index contributed by atoms with van der Waals surface area (Å²) >= 11 is 0. The molecule has 5 heteroatoms. The van der Waals surface area contributed by atoms with Crippen LogP contribution in [-0.2, 0) is 4.74 Å². The Labute approximate surface area is 153 Å². The number of hydrogen-bond donors (Lipinski definition) is 3. The number of aliphatic hydroxyl groups excluding tert-OH is 2. The van der Waals surface area contributed by atoms with Crippen LogP contribution in [-0.4, -0.2) is 41.2 Å². The maximum Gasteiger partial charge on any atom is 0.122 e. The number of phenols is 1. The maximum absolute atomic E-state index is 10.1. The Kier molecular flexibility index (Phi) is 5.81. The Hall–Kier alpha value is -2.08. The topological polar surface area (TPSA) is 79.2 Å². The predicted molar refractivity (Wildman–Crippen MR) is 98.6 cm³/mol. The molecule has 0 saturated carbocycles. The van der Waals surface area contributed by atoms with Gasteiger partial charge in [0.15, 0.2) is 0 Å². The van der Waals surface area contributed by atoms with Crippen LogP contribution in [0.3, 0.4) is 0 Å². The number of benzene rings is 2. The van der Waals surface area contributed by atoms with Gasteiger partial charge >= 0.3 is 0 Å². The quantitative estimate of drug-likeness (QED) is 0.765. The molecule has 0 radical (unpaired) electrons. The van der Waals surface area contributed by atoms with Crippen LogP contribution in [0.5, 0.6) is 11.5 Å². The lowest BCUT2D eigenvalue weighted by Crippen LogP contribution is -2.33. The molecule has 1 heterocycles. The minimum absolute atomic E-state index is 0.0626. The van der Waals surface area contributed by atoms with E-state index in [1.165, 1.54) is 0 Å². The summed E-state index contributed by atoms with van der Waals surface area (Å²) < 4.78 is 11.5. The molecule has 1 fully saturated rings. The van der Waals surface area contributed by atoms with Crippen LogP contribution >= 0.6 is 0 Å². The number of rotatable bonds is 5. The molecule has 0 spiro atoms. The van der Waals surface area contributed by atoms with Gasteiger partial charge in [-0.05, 0) is 35.4 Å². The summed E-state index contributed by atoms with van der Waals surface area (Å²) in [6, 6.07) is 13.1. The molecule has 4 unspecified atom stereocenters. The van der Waals surface area contributed by atoms with Gasteiger partial charge in [-0.1, -0.05) is 25.1 Å². The third-order valence-corrected chi connectivity index (χ3v) is 5.07. The van der Waals surface area contributed by atoms with Gasteiger partial charge in [0.1, 0.15) is 11.5 Å². The Morgan fingerprint density at radius 1 is 1.15 bits per heavy atom. The van der Waals surface area contributed by atoms with Gasteiger partial charge in [0, 0.05) is 24.3 Å². The highest BCUT2D eigenvalue weighted by Crippen LogP contribution is 2.37. The van der Waals surface area contributed by atoms with Gasteiger partial charge in [-0.2, -0.15) is 0 Å². The fourth-order valence-corrected chi connectivity index (χ4v) is 3.56. The Balaban J connectivity index is 1.92. The van der Waals surface area contributed by atoms with Gasteiger partial charge in [-0.3, -0.25) is 0 Å². The molecule has 0 aromatic heterocycles. The molecule has 1 saturated heterocycles. The zero-order chi connectivity index (χ0) is 18.7. The smallest absolute Gasteiger partial charge is 0.122 e. The van der Waals surface area contributed by atoms with E-state index in [2.05, 4.69) is 6.92 Å². The molecule has 2 aromatic rings. The summed E-state index contributed by atoms with van der Waals surface area (Å²) in [5.74, 6) is 1.08. The largest absolute Gasteiger partial charge is 0.508 e. The first-order valence-electron chi connectivity index (χ1n) is 8.93. The highest BCUT2D eigenvalue weighted by Gasteiger charge is 2.29. The highest BCUT2D eigenvalue weighted by atomic mass is 16.5. The summed E-state index contributed by atoms with van der Waals surface area (Å²) in [5, 5.41) is 29.0. The third kappa shape index (κ3) is 4.01. The number of aromatic hydroxyl groups is 1. The van der Waals surface area contributed by atoms with Crippen molar-refractivity contribution in [1.29, 1.82) is 0 Å². The zero-order valence-corrected chi connectivity index (χ0v) is 15.1. The Morgan fingerprint density at radius 3 is 2.54 bits per heavy atom. The van der Waals surface area contributed by atoms with Gasteiger partial charge in [-0.15, -0.1) is 0 Å². The summed E-state index contributed by atoms with van der Waals surface area (Å²) in [5.41, 5.74) is 3.04. The maximum atomic E-state index is 10.1. The lowest BCUT2D eigenvalue weighted by atomic mass is 9.88. The first-order valence-corrected chi connectivity index (χ1v) is 8.93. The average Bonchev–Trinajstić information content (AvgIpc) is 2.67. The molecule has 0 bridgehead atoms. The molecule has 5 nitrogen and oxygen atoms in total. The fourth-order valence-electron chi connectivity index (χ4n) is 3.56. The lowest BCUT2D eigenvalue weighted by molar-refractivity contribution is -0.113. The number of methoxy groups -OCH3 is 1. The molecular weight excluding hydrogens is 332 g/mol. The zero-order valence-electron chi connectivity index (χ0n) is 15.1.